The van der Waals surface area contributed by atoms with Crippen LogP contribution in [0.4, 0.5) is 8.78 Å². The van der Waals surface area contributed by atoms with Gasteiger partial charge in [-0.15, -0.1) is 0 Å². The summed E-state index contributed by atoms with van der Waals surface area (Å²) in [4.78, 5) is 18.2. The number of halogens is 2. The SMILES string of the molecule is CCCC(F)OOC(CC)OOC(F)CCC. The molecule has 0 aliphatic carbocycles. The van der Waals surface area contributed by atoms with E-state index in [4.69, 9.17) is 0 Å². The average molecular weight is 256 g/mol. The van der Waals surface area contributed by atoms with Crippen LogP contribution >= 0.6 is 0 Å². The molecule has 0 aliphatic heterocycles. The Morgan fingerprint density at radius 3 is 1.47 bits per heavy atom. The van der Waals surface area contributed by atoms with Crippen LogP contribution in [-0.4, -0.2) is 19.0 Å². The smallest absolute Gasteiger partial charge is 0.213 e. The maximum atomic E-state index is 12.9. The third kappa shape index (κ3) is 9.41. The molecule has 0 aliphatic rings. The van der Waals surface area contributed by atoms with Crippen molar-refractivity contribution in [1.29, 1.82) is 0 Å². The molecule has 104 valence electrons. The fourth-order valence-electron chi connectivity index (χ4n) is 0.947. The summed E-state index contributed by atoms with van der Waals surface area (Å²) in [6.07, 6.45) is -1.83. The number of hydrogen-bond donors (Lipinski definition) is 0. The van der Waals surface area contributed by atoms with Crippen molar-refractivity contribution in [2.75, 3.05) is 0 Å². The molecule has 0 rings (SSSR count). The molecule has 0 aromatic carbocycles. The van der Waals surface area contributed by atoms with E-state index < -0.39 is 19.0 Å². The van der Waals surface area contributed by atoms with Crippen molar-refractivity contribution in [3.63, 3.8) is 0 Å². The summed E-state index contributed by atoms with van der Waals surface area (Å²) in [5.74, 6) is 0. The molecule has 2 atom stereocenters. The van der Waals surface area contributed by atoms with Crippen molar-refractivity contribution < 1.29 is 28.3 Å². The van der Waals surface area contributed by atoms with Gasteiger partial charge in [0.2, 0.25) is 19.0 Å². The molecule has 0 fully saturated rings. The Labute approximate surface area is 101 Å². The number of hydrogen-bond acceptors (Lipinski definition) is 4. The first kappa shape index (κ1) is 16.7. The lowest BCUT2D eigenvalue weighted by Gasteiger charge is -2.17. The van der Waals surface area contributed by atoms with Crippen LogP contribution in [0, 0.1) is 0 Å². The van der Waals surface area contributed by atoms with Crippen molar-refractivity contribution >= 4 is 0 Å². The molecular weight excluding hydrogens is 234 g/mol. The molecule has 2 unspecified atom stereocenters. The summed E-state index contributed by atoms with van der Waals surface area (Å²) in [6, 6.07) is 0. The van der Waals surface area contributed by atoms with Crippen LogP contribution in [0.3, 0.4) is 0 Å². The molecule has 0 radical (unpaired) electrons. The van der Waals surface area contributed by atoms with Gasteiger partial charge < -0.3 is 0 Å². The summed E-state index contributed by atoms with van der Waals surface area (Å²) in [5.41, 5.74) is 0. The Balaban J connectivity index is 3.68. The number of rotatable bonds is 11. The van der Waals surface area contributed by atoms with Crippen LogP contribution in [0.25, 0.3) is 0 Å². The van der Waals surface area contributed by atoms with Crippen molar-refractivity contribution in [2.24, 2.45) is 0 Å². The van der Waals surface area contributed by atoms with Crippen LogP contribution in [-0.2, 0) is 19.6 Å². The highest BCUT2D eigenvalue weighted by Gasteiger charge is 2.16. The van der Waals surface area contributed by atoms with Crippen LogP contribution in [0.2, 0.25) is 0 Å². The molecule has 4 nitrogen and oxygen atoms in total. The Morgan fingerprint density at radius 2 is 1.18 bits per heavy atom. The summed E-state index contributed by atoms with van der Waals surface area (Å²) in [5, 5.41) is 0. The maximum Gasteiger partial charge on any atom is 0.231 e. The standard InChI is InChI=1S/C11H22F2O4/c1-4-7-9(12)14-16-11(6-3)17-15-10(13)8-5-2/h9-11H,4-8H2,1-3H3. The second-order valence-corrected chi connectivity index (χ2v) is 3.62. The lowest BCUT2D eigenvalue weighted by atomic mass is 10.3. The average Bonchev–Trinajstić information content (AvgIpc) is 2.30. The zero-order valence-electron chi connectivity index (χ0n) is 10.7. The van der Waals surface area contributed by atoms with Gasteiger partial charge in [-0.3, -0.25) is 0 Å². The Kier molecular flexibility index (Phi) is 10.6. The minimum absolute atomic E-state index is 0.235. The van der Waals surface area contributed by atoms with Crippen LogP contribution in [0.1, 0.15) is 52.9 Å². The highest BCUT2D eigenvalue weighted by atomic mass is 19.2. The van der Waals surface area contributed by atoms with Gasteiger partial charge in [-0.05, 0) is 0 Å². The summed E-state index contributed by atoms with van der Waals surface area (Å²) in [7, 11) is 0. The van der Waals surface area contributed by atoms with Gasteiger partial charge in [-0.2, -0.15) is 19.6 Å². The van der Waals surface area contributed by atoms with Gasteiger partial charge in [0.15, 0.2) is 0 Å². The fourth-order valence-corrected chi connectivity index (χ4v) is 0.947. The van der Waals surface area contributed by atoms with Gasteiger partial charge in [0.1, 0.15) is 0 Å². The van der Waals surface area contributed by atoms with Gasteiger partial charge >= 0.3 is 0 Å². The molecule has 6 heteroatoms. The highest BCUT2D eigenvalue weighted by Crippen LogP contribution is 2.11. The van der Waals surface area contributed by atoms with Crippen LogP contribution in [0.5, 0.6) is 0 Å². The second-order valence-electron chi connectivity index (χ2n) is 3.62. The topological polar surface area (TPSA) is 36.9 Å². The van der Waals surface area contributed by atoms with E-state index in [9.17, 15) is 8.78 Å². The molecule has 0 spiro atoms. The third-order valence-electron chi connectivity index (χ3n) is 1.90. The van der Waals surface area contributed by atoms with E-state index in [-0.39, 0.29) is 12.8 Å². The van der Waals surface area contributed by atoms with E-state index in [0.29, 0.717) is 19.3 Å². The quantitative estimate of drug-likeness (QED) is 0.320. The van der Waals surface area contributed by atoms with E-state index in [0.717, 1.165) is 0 Å². The molecule has 0 saturated carbocycles. The van der Waals surface area contributed by atoms with Crippen molar-refractivity contribution in [3.05, 3.63) is 0 Å². The van der Waals surface area contributed by atoms with Gasteiger partial charge in [0.05, 0.1) is 0 Å². The van der Waals surface area contributed by atoms with E-state index in [1.807, 2.05) is 13.8 Å². The Hall–Kier alpha value is -0.300. The van der Waals surface area contributed by atoms with Crippen LogP contribution < -0.4 is 0 Å². The van der Waals surface area contributed by atoms with Gasteiger partial charge in [0, 0.05) is 19.3 Å². The van der Waals surface area contributed by atoms with Gasteiger partial charge in [0.25, 0.3) is 0 Å². The molecule has 0 bridgehead atoms. The molecule has 0 saturated heterocycles. The maximum absolute atomic E-state index is 12.9. The van der Waals surface area contributed by atoms with Crippen molar-refractivity contribution in [3.8, 4) is 0 Å². The largest absolute Gasteiger partial charge is 0.231 e. The third-order valence-corrected chi connectivity index (χ3v) is 1.90. The Morgan fingerprint density at radius 1 is 0.765 bits per heavy atom. The van der Waals surface area contributed by atoms with E-state index in [2.05, 4.69) is 19.6 Å². The molecule has 0 heterocycles. The first-order valence-electron chi connectivity index (χ1n) is 6.06. The number of alkyl halides is 2. The molecule has 0 aromatic rings. The highest BCUT2D eigenvalue weighted by molar-refractivity contribution is 4.38. The second kappa shape index (κ2) is 10.8. The predicted molar refractivity (Wildman–Crippen MR) is 58.0 cm³/mol. The van der Waals surface area contributed by atoms with E-state index in [1.54, 1.807) is 6.92 Å². The fraction of sp³-hybridized carbons (Fsp3) is 1.00. The molecule has 0 aromatic heterocycles. The monoisotopic (exact) mass is 256 g/mol. The summed E-state index contributed by atoms with van der Waals surface area (Å²) >= 11 is 0. The normalized spacial score (nSPS) is 16.8. The molecule has 0 N–H and O–H groups in total. The zero-order chi connectivity index (χ0) is 13.1. The molecule has 17 heavy (non-hydrogen) atoms. The summed E-state index contributed by atoms with van der Waals surface area (Å²) < 4.78 is 25.8. The lowest BCUT2D eigenvalue weighted by molar-refractivity contribution is -0.497. The minimum atomic E-state index is -1.51. The zero-order valence-corrected chi connectivity index (χ0v) is 10.7. The first-order valence-corrected chi connectivity index (χ1v) is 6.06. The van der Waals surface area contributed by atoms with Crippen molar-refractivity contribution in [2.45, 2.75) is 71.9 Å². The van der Waals surface area contributed by atoms with Gasteiger partial charge in [-0.1, -0.05) is 33.6 Å². The van der Waals surface area contributed by atoms with Crippen LogP contribution in [0.15, 0.2) is 0 Å². The lowest BCUT2D eigenvalue weighted by Crippen LogP contribution is -2.22. The van der Waals surface area contributed by atoms with Gasteiger partial charge in [-0.25, -0.2) is 8.78 Å². The van der Waals surface area contributed by atoms with E-state index in [1.165, 1.54) is 0 Å². The first-order chi connectivity index (χ1) is 8.13. The summed E-state index contributed by atoms with van der Waals surface area (Å²) in [6.45, 7) is 5.37. The predicted octanol–water partition coefficient (Wildman–Crippen LogP) is 3.81. The van der Waals surface area contributed by atoms with Crippen molar-refractivity contribution in [1.82, 2.24) is 0 Å². The molecule has 0 amide bonds. The molecular formula is C11H22F2O4. The minimum Gasteiger partial charge on any atom is -0.213 e. The Bertz CT molecular complexity index is 156. The van der Waals surface area contributed by atoms with E-state index >= 15 is 0 Å².